The van der Waals surface area contributed by atoms with E-state index in [0.717, 1.165) is 66.3 Å². The third-order valence-electron chi connectivity index (χ3n) is 6.76. The Hall–Kier alpha value is -2.74. The number of hydrogen-bond acceptors (Lipinski definition) is 5. The molecule has 0 N–H and O–H groups in total. The molecule has 32 heavy (non-hydrogen) atoms. The predicted octanol–water partition coefficient (Wildman–Crippen LogP) is 3.15. The molecule has 2 fully saturated rings. The molecular formula is C24H31N3O5. The van der Waals surface area contributed by atoms with Crippen LogP contribution in [0.15, 0.2) is 17.7 Å². The van der Waals surface area contributed by atoms with Crippen molar-refractivity contribution in [3.05, 3.63) is 34.7 Å². The van der Waals surface area contributed by atoms with E-state index in [-0.39, 0.29) is 18.4 Å². The number of hydrogen-bond donors (Lipinski definition) is 0. The summed E-state index contributed by atoms with van der Waals surface area (Å²) in [7, 11) is 0. The summed E-state index contributed by atoms with van der Waals surface area (Å²) in [6.07, 6.45) is 9.15. The number of imide groups is 2. The number of Topliss-reactive ketones (excluding diaryl/α,β-unsaturated/α-hetero) is 1. The van der Waals surface area contributed by atoms with Gasteiger partial charge in [-0.2, -0.15) is 0 Å². The first kappa shape index (κ1) is 22.5. The number of aryl methyl sites for hydroxylation is 1. The smallest absolute Gasteiger partial charge is 0.334 e. The molecule has 4 amide bonds. The van der Waals surface area contributed by atoms with Crippen molar-refractivity contribution >= 4 is 23.6 Å². The van der Waals surface area contributed by atoms with E-state index in [1.807, 2.05) is 18.4 Å². The van der Waals surface area contributed by atoms with Gasteiger partial charge in [0.25, 0.3) is 0 Å². The second kappa shape index (κ2) is 9.40. The number of allylic oxidation sites excluding steroid dienone is 1. The van der Waals surface area contributed by atoms with Gasteiger partial charge in [0.1, 0.15) is 0 Å². The van der Waals surface area contributed by atoms with Crippen LogP contribution < -0.4 is 0 Å². The van der Waals surface area contributed by atoms with Gasteiger partial charge < -0.3 is 9.30 Å². The van der Waals surface area contributed by atoms with E-state index in [1.54, 1.807) is 6.07 Å². The topological polar surface area (TPSA) is 88.9 Å². The normalized spacial score (nSPS) is 21.6. The molecule has 1 aliphatic carbocycles. The van der Waals surface area contributed by atoms with Crippen molar-refractivity contribution < 1.29 is 23.9 Å². The molecule has 0 unspecified atom stereocenters. The van der Waals surface area contributed by atoms with Gasteiger partial charge in [0.05, 0.1) is 12.6 Å². The van der Waals surface area contributed by atoms with Gasteiger partial charge in [0.15, 0.2) is 5.78 Å². The van der Waals surface area contributed by atoms with E-state index >= 15 is 0 Å². The summed E-state index contributed by atoms with van der Waals surface area (Å²) < 4.78 is 7.76. The van der Waals surface area contributed by atoms with Crippen molar-refractivity contribution in [2.75, 3.05) is 19.7 Å². The minimum atomic E-state index is -0.922. The van der Waals surface area contributed by atoms with Crippen LogP contribution in [-0.2, 0) is 20.9 Å². The maximum Gasteiger partial charge on any atom is 0.334 e. The molecule has 4 rings (SSSR count). The minimum Gasteiger partial charge on any atom is -0.376 e. The standard InChI is InChI=1S/C24H31N3O5/c1-16-13-20(17(2)26(16)14-19-9-6-12-32-19)21(28)15-27-23(30)22(29)25(24(27)31)11-10-18-7-4-3-5-8-18/h7,13,19H,3-6,8-12,14-15H2,1-2H3/t19-/m0/s1. The molecule has 0 spiro atoms. The lowest BCUT2D eigenvalue weighted by atomic mass is 9.97. The number of urea groups is 1. The second-order valence-electron chi connectivity index (χ2n) is 8.94. The monoisotopic (exact) mass is 441 g/mol. The van der Waals surface area contributed by atoms with Gasteiger partial charge in [-0.15, -0.1) is 0 Å². The Morgan fingerprint density at radius 2 is 1.88 bits per heavy atom. The zero-order chi connectivity index (χ0) is 22.8. The molecule has 0 aromatic carbocycles. The van der Waals surface area contributed by atoms with Crippen molar-refractivity contribution in [1.82, 2.24) is 14.4 Å². The molecular weight excluding hydrogens is 410 g/mol. The fourth-order valence-electron chi connectivity index (χ4n) is 4.86. The van der Waals surface area contributed by atoms with Gasteiger partial charge in [-0.3, -0.25) is 19.3 Å². The molecule has 172 valence electrons. The largest absolute Gasteiger partial charge is 0.376 e. The fraction of sp³-hybridized carbons (Fsp3) is 0.583. The maximum absolute atomic E-state index is 13.0. The SMILES string of the molecule is Cc1cc(C(=O)CN2C(=O)C(=O)N(CCC3=CCCCC3)C2=O)c(C)n1C[C@@H]1CCCO1. The summed E-state index contributed by atoms with van der Waals surface area (Å²) in [5.74, 6) is -2.11. The molecule has 0 radical (unpaired) electrons. The lowest BCUT2D eigenvalue weighted by Crippen LogP contribution is -2.37. The van der Waals surface area contributed by atoms with Crippen molar-refractivity contribution in [1.29, 1.82) is 0 Å². The summed E-state index contributed by atoms with van der Waals surface area (Å²) in [4.78, 5) is 52.4. The Morgan fingerprint density at radius 3 is 2.56 bits per heavy atom. The highest BCUT2D eigenvalue weighted by atomic mass is 16.5. The van der Waals surface area contributed by atoms with Crippen molar-refractivity contribution in [2.45, 2.75) is 71.4 Å². The first-order chi connectivity index (χ1) is 15.4. The van der Waals surface area contributed by atoms with E-state index in [2.05, 4.69) is 6.08 Å². The number of carbonyl (C=O) groups excluding carboxylic acids is 4. The van der Waals surface area contributed by atoms with Crippen LogP contribution in [0.4, 0.5) is 4.79 Å². The van der Waals surface area contributed by atoms with Gasteiger partial charge in [0.2, 0.25) is 0 Å². The molecule has 0 saturated carbocycles. The highest BCUT2D eigenvalue weighted by molar-refractivity contribution is 6.45. The van der Waals surface area contributed by atoms with Crippen molar-refractivity contribution in [3.8, 4) is 0 Å². The van der Waals surface area contributed by atoms with Gasteiger partial charge in [-0.05, 0) is 64.9 Å². The summed E-state index contributed by atoms with van der Waals surface area (Å²) >= 11 is 0. The zero-order valence-corrected chi connectivity index (χ0v) is 18.9. The van der Waals surface area contributed by atoms with Crippen LogP contribution >= 0.6 is 0 Å². The Kier molecular flexibility index (Phi) is 6.60. The zero-order valence-electron chi connectivity index (χ0n) is 18.9. The molecule has 0 bridgehead atoms. The van der Waals surface area contributed by atoms with Gasteiger partial charge in [-0.1, -0.05) is 11.6 Å². The van der Waals surface area contributed by atoms with Crippen LogP contribution in [0, 0.1) is 13.8 Å². The van der Waals surface area contributed by atoms with E-state index < -0.39 is 24.4 Å². The van der Waals surface area contributed by atoms with E-state index in [9.17, 15) is 19.2 Å². The molecule has 1 aromatic rings. The lowest BCUT2D eigenvalue weighted by Gasteiger charge is -2.17. The molecule has 3 heterocycles. The van der Waals surface area contributed by atoms with Gasteiger partial charge in [-0.25, -0.2) is 9.69 Å². The first-order valence-corrected chi connectivity index (χ1v) is 11.5. The summed E-state index contributed by atoms with van der Waals surface area (Å²) in [6.45, 7) is 4.97. The molecule has 2 saturated heterocycles. The summed E-state index contributed by atoms with van der Waals surface area (Å²) in [6, 6.07) is 1.09. The Morgan fingerprint density at radius 1 is 1.09 bits per heavy atom. The number of aromatic nitrogens is 1. The Balaban J connectivity index is 1.42. The number of rotatable bonds is 8. The average Bonchev–Trinajstić information content (AvgIpc) is 3.45. The predicted molar refractivity (Wildman–Crippen MR) is 117 cm³/mol. The quantitative estimate of drug-likeness (QED) is 0.268. The molecule has 8 nitrogen and oxygen atoms in total. The first-order valence-electron chi connectivity index (χ1n) is 11.5. The third kappa shape index (κ3) is 4.41. The molecule has 1 aromatic heterocycles. The summed E-state index contributed by atoms with van der Waals surface area (Å²) in [5, 5.41) is 0. The van der Waals surface area contributed by atoms with E-state index in [0.29, 0.717) is 18.5 Å². The molecule has 2 aliphatic heterocycles. The van der Waals surface area contributed by atoms with Crippen molar-refractivity contribution in [3.63, 3.8) is 0 Å². The average molecular weight is 442 g/mol. The number of ether oxygens (including phenoxy) is 1. The van der Waals surface area contributed by atoms with Crippen LogP contribution in [0.25, 0.3) is 0 Å². The Bertz CT molecular complexity index is 971. The van der Waals surface area contributed by atoms with Crippen molar-refractivity contribution in [2.24, 2.45) is 0 Å². The van der Waals surface area contributed by atoms with Crippen LogP contribution in [0.5, 0.6) is 0 Å². The second-order valence-corrected chi connectivity index (χ2v) is 8.94. The third-order valence-corrected chi connectivity index (χ3v) is 6.76. The molecule has 3 aliphatic rings. The number of carbonyl (C=O) groups is 4. The number of amides is 4. The number of nitrogens with zero attached hydrogens (tertiary/aromatic N) is 3. The van der Waals surface area contributed by atoms with Crippen LogP contribution in [-0.4, -0.2) is 63.8 Å². The van der Waals surface area contributed by atoms with Crippen LogP contribution in [0.3, 0.4) is 0 Å². The van der Waals surface area contributed by atoms with E-state index in [4.69, 9.17) is 4.74 Å². The highest BCUT2D eigenvalue weighted by Gasteiger charge is 2.45. The molecule has 8 heteroatoms. The fourth-order valence-corrected chi connectivity index (χ4v) is 4.86. The lowest BCUT2D eigenvalue weighted by molar-refractivity contribution is -0.143. The minimum absolute atomic E-state index is 0.134. The maximum atomic E-state index is 13.0. The summed E-state index contributed by atoms with van der Waals surface area (Å²) in [5.41, 5.74) is 3.41. The Labute approximate surface area is 188 Å². The van der Waals surface area contributed by atoms with E-state index in [1.165, 1.54) is 5.57 Å². The van der Waals surface area contributed by atoms with Crippen LogP contribution in [0.1, 0.15) is 66.7 Å². The highest BCUT2D eigenvalue weighted by Crippen LogP contribution is 2.24. The number of ketones is 1. The van der Waals surface area contributed by atoms with Crippen LogP contribution in [0.2, 0.25) is 0 Å². The van der Waals surface area contributed by atoms with Gasteiger partial charge >= 0.3 is 17.8 Å². The molecule has 1 atom stereocenters. The van der Waals surface area contributed by atoms with Gasteiger partial charge in [0, 0.05) is 36.6 Å².